The topological polar surface area (TPSA) is 35.6 Å². The summed E-state index contributed by atoms with van der Waals surface area (Å²) in [4.78, 5) is 16.1. The number of piperidine rings is 1. The summed E-state index contributed by atoms with van der Waals surface area (Å²) in [6, 6.07) is 0.132. The molecule has 2 fully saturated rings. The number of nitrogens with one attached hydrogen (secondary N) is 1. The largest absolute Gasteiger partial charge is 0.337 e. The van der Waals surface area contributed by atoms with Crippen molar-refractivity contribution in [1.82, 2.24) is 15.1 Å². The maximum absolute atomic E-state index is 11.7. The molecule has 0 radical (unpaired) electrons. The van der Waals surface area contributed by atoms with Crippen LogP contribution in [0.5, 0.6) is 0 Å². The molecule has 4 heteroatoms. The van der Waals surface area contributed by atoms with Crippen molar-refractivity contribution in [1.29, 1.82) is 0 Å². The van der Waals surface area contributed by atoms with Gasteiger partial charge in [-0.1, -0.05) is 6.92 Å². The fraction of sp³-hybridized carbons (Fsp3) is 0.923. The van der Waals surface area contributed by atoms with Crippen molar-refractivity contribution in [2.75, 3.05) is 39.3 Å². The molecule has 0 aromatic rings. The molecule has 0 spiro atoms. The zero-order valence-corrected chi connectivity index (χ0v) is 11.0. The fourth-order valence-corrected chi connectivity index (χ4v) is 2.84. The number of likely N-dealkylation sites (tertiary alicyclic amines) is 2. The maximum Gasteiger partial charge on any atom is 0.317 e. The Balaban J connectivity index is 1.60. The number of hydrogen-bond donors (Lipinski definition) is 1. The van der Waals surface area contributed by atoms with E-state index >= 15 is 0 Å². The van der Waals surface area contributed by atoms with Crippen molar-refractivity contribution in [2.45, 2.75) is 32.6 Å². The Kier molecular flexibility index (Phi) is 4.66. The lowest BCUT2D eigenvalue weighted by Crippen LogP contribution is -2.43. The standard InChI is InChI=1S/C13H25N3O/c1-12-5-4-7-15(11-12)10-6-14-13(17)16-8-2-3-9-16/h12H,2-11H2,1H3,(H,14,17). The quantitative estimate of drug-likeness (QED) is 0.810. The molecule has 0 aliphatic carbocycles. The lowest BCUT2D eigenvalue weighted by atomic mass is 10.0. The van der Waals surface area contributed by atoms with Gasteiger partial charge in [0.1, 0.15) is 0 Å². The summed E-state index contributed by atoms with van der Waals surface area (Å²) < 4.78 is 0. The Morgan fingerprint density at radius 1 is 1.24 bits per heavy atom. The van der Waals surface area contributed by atoms with E-state index in [-0.39, 0.29) is 6.03 Å². The highest BCUT2D eigenvalue weighted by Gasteiger charge is 2.18. The lowest BCUT2D eigenvalue weighted by molar-refractivity contribution is 0.179. The predicted octanol–water partition coefficient (Wildman–Crippen LogP) is 1.52. The van der Waals surface area contributed by atoms with Gasteiger partial charge in [-0.25, -0.2) is 4.79 Å². The van der Waals surface area contributed by atoms with Gasteiger partial charge in [-0.3, -0.25) is 0 Å². The Morgan fingerprint density at radius 3 is 2.71 bits per heavy atom. The molecule has 0 aromatic heterocycles. The van der Waals surface area contributed by atoms with Gasteiger partial charge in [-0.2, -0.15) is 0 Å². The van der Waals surface area contributed by atoms with Gasteiger partial charge in [0, 0.05) is 32.7 Å². The molecule has 4 nitrogen and oxygen atoms in total. The number of hydrogen-bond acceptors (Lipinski definition) is 2. The molecule has 1 atom stereocenters. The van der Waals surface area contributed by atoms with Crippen molar-refractivity contribution < 1.29 is 4.79 Å². The van der Waals surface area contributed by atoms with Crippen LogP contribution in [0.3, 0.4) is 0 Å². The minimum absolute atomic E-state index is 0.132. The van der Waals surface area contributed by atoms with Gasteiger partial charge in [0.05, 0.1) is 0 Å². The van der Waals surface area contributed by atoms with Crippen LogP contribution in [0.2, 0.25) is 0 Å². The van der Waals surface area contributed by atoms with Crippen molar-refractivity contribution in [2.24, 2.45) is 5.92 Å². The highest BCUT2D eigenvalue weighted by molar-refractivity contribution is 5.74. The molecule has 17 heavy (non-hydrogen) atoms. The van der Waals surface area contributed by atoms with Crippen molar-refractivity contribution in [3.63, 3.8) is 0 Å². The van der Waals surface area contributed by atoms with Crippen LogP contribution in [0.25, 0.3) is 0 Å². The number of amides is 2. The molecule has 2 aliphatic heterocycles. The highest BCUT2D eigenvalue weighted by Crippen LogP contribution is 2.14. The Labute approximate surface area is 104 Å². The molecule has 0 saturated carbocycles. The Bertz CT molecular complexity index is 251. The first-order valence-corrected chi connectivity index (χ1v) is 7.01. The second kappa shape index (κ2) is 6.24. The molecule has 1 N–H and O–H groups in total. The molecule has 0 aromatic carbocycles. The molecule has 1 unspecified atom stereocenters. The second-order valence-corrected chi connectivity index (χ2v) is 5.47. The monoisotopic (exact) mass is 239 g/mol. The van der Waals surface area contributed by atoms with Crippen LogP contribution in [0.15, 0.2) is 0 Å². The maximum atomic E-state index is 11.7. The van der Waals surface area contributed by atoms with E-state index in [0.717, 1.165) is 44.9 Å². The van der Waals surface area contributed by atoms with Crippen LogP contribution in [-0.2, 0) is 0 Å². The summed E-state index contributed by atoms with van der Waals surface area (Å²) in [6.45, 7) is 8.38. The minimum atomic E-state index is 0.132. The van der Waals surface area contributed by atoms with Gasteiger partial charge in [-0.15, -0.1) is 0 Å². The summed E-state index contributed by atoms with van der Waals surface area (Å²) in [7, 11) is 0. The van der Waals surface area contributed by atoms with Gasteiger partial charge in [0.25, 0.3) is 0 Å². The third-order valence-electron chi connectivity index (χ3n) is 3.84. The summed E-state index contributed by atoms with van der Waals surface area (Å²) in [5, 5.41) is 3.03. The number of nitrogens with zero attached hydrogens (tertiary/aromatic N) is 2. The first-order chi connectivity index (χ1) is 8.25. The van der Waals surface area contributed by atoms with Crippen LogP contribution in [0, 0.1) is 5.92 Å². The van der Waals surface area contributed by atoms with Crippen LogP contribution < -0.4 is 5.32 Å². The van der Waals surface area contributed by atoms with E-state index < -0.39 is 0 Å². The summed E-state index contributed by atoms with van der Waals surface area (Å²) in [6.07, 6.45) is 4.99. The summed E-state index contributed by atoms with van der Waals surface area (Å²) >= 11 is 0. The van der Waals surface area contributed by atoms with E-state index in [1.54, 1.807) is 0 Å². The zero-order valence-electron chi connectivity index (χ0n) is 11.0. The zero-order chi connectivity index (χ0) is 12.1. The first kappa shape index (κ1) is 12.7. The average molecular weight is 239 g/mol. The third-order valence-corrected chi connectivity index (χ3v) is 3.84. The Morgan fingerprint density at radius 2 is 2.00 bits per heavy atom. The third kappa shape index (κ3) is 3.87. The molecule has 0 bridgehead atoms. The first-order valence-electron chi connectivity index (χ1n) is 7.01. The van der Waals surface area contributed by atoms with Crippen LogP contribution in [0.4, 0.5) is 4.79 Å². The van der Waals surface area contributed by atoms with Gasteiger partial charge in [0.15, 0.2) is 0 Å². The van der Waals surface area contributed by atoms with Gasteiger partial charge >= 0.3 is 6.03 Å². The highest BCUT2D eigenvalue weighted by atomic mass is 16.2. The van der Waals surface area contributed by atoms with E-state index in [0.29, 0.717) is 0 Å². The SMILES string of the molecule is CC1CCCN(CCNC(=O)N2CCCC2)C1. The van der Waals surface area contributed by atoms with Crippen molar-refractivity contribution >= 4 is 6.03 Å². The molecular formula is C13H25N3O. The van der Waals surface area contributed by atoms with Crippen LogP contribution >= 0.6 is 0 Å². The number of carbonyl (C=O) groups excluding carboxylic acids is 1. The lowest BCUT2D eigenvalue weighted by Gasteiger charge is -2.30. The summed E-state index contributed by atoms with van der Waals surface area (Å²) in [5.74, 6) is 0.818. The molecule has 2 heterocycles. The molecule has 2 aliphatic rings. The fourth-order valence-electron chi connectivity index (χ4n) is 2.84. The van der Waals surface area contributed by atoms with E-state index in [2.05, 4.69) is 17.1 Å². The molecule has 2 rings (SSSR count). The van der Waals surface area contributed by atoms with Crippen LogP contribution in [0.1, 0.15) is 32.6 Å². The molecule has 2 saturated heterocycles. The number of carbonyl (C=O) groups is 1. The van der Waals surface area contributed by atoms with Gasteiger partial charge in [0.2, 0.25) is 0 Å². The minimum Gasteiger partial charge on any atom is -0.337 e. The van der Waals surface area contributed by atoms with E-state index in [9.17, 15) is 4.79 Å². The second-order valence-electron chi connectivity index (χ2n) is 5.47. The number of urea groups is 1. The number of rotatable bonds is 3. The van der Waals surface area contributed by atoms with Crippen molar-refractivity contribution in [3.8, 4) is 0 Å². The Hall–Kier alpha value is -0.770. The molecule has 2 amide bonds. The molecular weight excluding hydrogens is 214 g/mol. The van der Waals surface area contributed by atoms with E-state index in [1.165, 1.54) is 25.9 Å². The van der Waals surface area contributed by atoms with Gasteiger partial charge in [-0.05, 0) is 38.1 Å². The summed E-state index contributed by atoms with van der Waals surface area (Å²) in [5.41, 5.74) is 0. The molecule has 98 valence electrons. The predicted molar refractivity (Wildman–Crippen MR) is 69.0 cm³/mol. The van der Waals surface area contributed by atoms with Gasteiger partial charge < -0.3 is 15.1 Å². The van der Waals surface area contributed by atoms with Crippen molar-refractivity contribution in [3.05, 3.63) is 0 Å². The normalized spacial score (nSPS) is 26.2. The smallest absolute Gasteiger partial charge is 0.317 e. The average Bonchev–Trinajstić information content (AvgIpc) is 2.82. The van der Waals surface area contributed by atoms with Crippen LogP contribution in [-0.4, -0.2) is 55.1 Å². The van der Waals surface area contributed by atoms with E-state index in [1.807, 2.05) is 4.90 Å². The van der Waals surface area contributed by atoms with E-state index in [4.69, 9.17) is 0 Å².